The number of nitrogens with zero attached hydrogens (tertiary/aromatic N) is 4. The van der Waals surface area contributed by atoms with Gasteiger partial charge in [-0.1, -0.05) is 30.3 Å². The molecule has 14 heteroatoms. The van der Waals surface area contributed by atoms with Gasteiger partial charge in [-0.15, -0.1) is 0 Å². The van der Waals surface area contributed by atoms with Gasteiger partial charge in [0.1, 0.15) is 12.4 Å². The number of nitrogens with one attached hydrogen (secondary N) is 1. The molecule has 1 aliphatic heterocycles. The SMILES string of the molecule is COC1(F)N=CC(F)=C(F)C1(c1ccccc1COc1cnc2[nH]nc(C)c2c1-c1cccnc1)S(N)(=O)=O. The third-order valence-electron chi connectivity index (χ3n) is 6.46. The molecule has 202 valence electrons. The molecule has 5 rings (SSSR count). The van der Waals surface area contributed by atoms with Gasteiger partial charge in [0.2, 0.25) is 14.8 Å². The molecule has 3 N–H and O–H groups in total. The van der Waals surface area contributed by atoms with Gasteiger partial charge in [0.05, 0.1) is 23.5 Å². The van der Waals surface area contributed by atoms with Gasteiger partial charge in [-0.25, -0.2) is 32.3 Å². The van der Waals surface area contributed by atoms with Gasteiger partial charge in [-0.2, -0.15) is 9.49 Å². The van der Waals surface area contributed by atoms with Gasteiger partial charge < -0.3 is 9.47 Å². The summed E-state index contributed by atoms with van der Waals surface area (Å²) in [7, 11) is -4.54. The topological polar surface area (TPSA) is 145 Å². The number of methoxy groups -OCH3 is 1. The van der Waals surface area contributed by atoms with Crippen LogP contribution in [0.2, 0.25) is 0 Å². The van der Waals surface area contributed by atoms with Crippen molar-refractivity contribution in [1.29, 1.82) is 0 Å². The molecule has 1 aliphatic rings. The molecular weight excluding hydrogens is 537 g/mol. The second-order valence-corrected chi connectivity index (χ2v) is 10.3. The predicted molar refractivity (Wildman–Crippen MR) is 136 cm³/mol. The minimum atomic E-state index is -5.30. The van der Waals surface area contributed by atoms with Crippen LogP contribution in [0, 0.1) is 6.92 Å². The fourth-order valence-corrected chi connectivity index (χ4v) is 6.04. The number of alkyl halides is 1. The Morgan fingerprint density at radius 1 is 1.13 bits per heavy atom. The molecule has 4 heterocycles. The summed E-state index contributed by atoms with van der Waals surface area (Å²) in [6, 6.07) is 8.78. The highest BCUT2D eigenvalue weighted by atomic mass is 32.2. The number of aryl methyl sites for hydroxylation is 1. The van der Waals surface area contributed by atoms with Crippen molar-refractivity contribution in [3.05, 3.63) is 83.5 Å². The summed E-state index contributed by atoms with van der Waals surface area (Å²) in [5, 5.41) is 13.1. The number of H-pyrrole nitrogens is 1. The number of hydrogen-bond acceptors (Lipinski definition) is 8. The van der Waals surface area contributed by atoms with E-state index >= 15 is 8.78 Å². The minimum Gasteiger partial charge on any atom is -0.487 e. The van der Waals surface area contributed by atoms with Gasteiger partial charge in [-0.3, -0.25) is 10.1 Å². The number of fused-ring (bicyclic) bond motifs is 1. The summed E-state index contributed by atoms with van der Waals surface area (Å²) in [4.78, 5) is 11.7. The second-order valence-electron chi connectivity index (χ2n) is 8.63. The lowest BCUT2D eigenvalue weighted by Crippen LogP contribution is -2.59. The number of allylic oxidation sites excluding steroid dienone is 1. The molecule has 3 aromatic heterocycles. The van der Waals surface area contributed by atoms with Crippen LogP contribution in [0.3, 0.4) is 0 Å². The van der Waals surface area contributed by atoms with Crippen LogP contribution in [0.25, 0.3) is 22.2 Å². The molecule has 0 aliphatic carbocycles. The number of aromatic nitrogens is 4. The first kappa shape index (κ1) is 26.5. The summed E-state index contributed by atoms with van der Waals surface area (Å²) >= 11 is 0. The Morgan fingerprint density at radius 2 is 1.90 bits per heavy atom. The Bertz CT molecular complexity index is 1750. The lowest BCUT2D eigenvalue weighted by molar-refractivity contribution is -0.143. The number of benzene rings is 1. The molecule has 0 saturated heterocycles. The van der Waals surface area contributed by atoms with Crippen molar-refractivity contribution < 1.29 is 31.1 Å². The first-order chi connectivity index (χ1) is 18.5. The number of pyridine rings is 2. The zero-order valence-corrected chi connectivity index (χ0v) is 21.3. The van der Waals surface area contributed by atoms with Crippen LogP contribution < -0.4 is 9.88 Å². The Labute approximate surface area is 220 Å². The second kappa shape index (κ2) is 9.55. The zero-order chi connectivity index (χ0) is 28.0. The van der Waals surface area contributed by atoms with E-state index < -0.39 is 44.6 Å². The molecule has 0 bridgehead atoms. The van der Waals surface area contributed by atoms with E-state index in [4.69, 9.17) is 14.6 Å². The maximum Gasteiger partial charge on any atom is 0.339 e. The molecule has 0 spiro atoms. The molecule has 2 unspecified atom stereocenters. The highest BCUT2D eigenvalue weighted by molar-refractivity contribution is 7.90. The van der Waals surface area contributed by atoms with Crippen LogP contribution in [-0.2, 0) is 26.1 Å². The lowest BCUT2D eigenvalue weighted by atomic mass is 9.88. The van der Waals surface area contributed by atoms with Crippen LogP contribution in [0.4, 0.5) is 13.2 Å². The average Bonchev–Trinajstić information content (AvgIpc) is 3.30. The van der Waals surface area contributed by atoms with Gasteiger partial charge in [0.25, 0.3) is 0 Å². The number of sulfonamides is 1. The van der Waals surface area contributed by atoms with Gasteiger partial charge in [0, 0.05) is 30.6 Å². The zero-order valence-electron chi connectivity index (χ0n) is 20.5. The standard InChI is InChI=1S/C25H21F3N6O4S/c1-14-20-21(15-7-5-9-30-10-15)19(12-31-23(20)34-33-14)38-13-16-6-3-4-8-17(16)24(39(29,35)36)22(27)18(26)11-32-25(24,28)37-2/h3-12H,13H2,1-2H3,(H2,29,35,36)(H,31,33,34). The third kappa shape index (κ3) is 3.99. The number of nitrogens with two attached hydrogens (primary N) is 1. The Kier molecular flexibility index (Phi) is 6.48. The van der Waals surface area contributed by atoms with Gasteiger partial charge in [-0.05, 0) is 24.1 Å². The van der Waals surface area contributed by atoms with Crippen LogP contribution in [0.15, 0.2) is 71.6 Å². The smallest absolute Gasteiger partial charge is 0.339 e. The average molecular weight is 559 g/mol. The van der Waals surface area contributed by atoms with Crippen molar-refractivity contribution in [1.82, 2.24) is 20.2 Å². The maximum absolute atomic E-state index is 16.1. The number of rotatable bonds is 7. The first-order valence-electron chi connectivity index (χ1n) is 11.4. The number of primary sulfonamides is 1. The predicted octanol–water partition coefficient (Wildman–Crippen LogP) is 3.90. The summed E-state index contributed by atoms with van der Waals surface area (Å²) in [6.07, 6.45) is 4.83. The number of aromatic amines is 1. The monoisotopic (exact) mass is 558 g/mol. The number of hydrogen-bond donors (Lipinski definition) is 2. The van der Waals surface area contributed by atoms with Crippen molar-refractivity contribution in [2.24, 2.45) is 10.1 Å². The molecule has 10 nitrogen and oxygen atoms in total. The highest BCUT2D eigenvalue weighted by Crippen LogP contribution is 2.53. The summed E-state index contributed by atoms with van der Waals surface area (Å²) in [6.45, 7) is 1.34. The van der Waals surface area contributed by atoms with Gasteiger partial charge >= 0.3 is 5.98 Å². The normalized spacial score (nSPS) is 21.5. The quantitative estimate of drug-likeness (QED) is 0.327. The lowest BCUT2D eigenvalue weighted by Gasteiger charge is -2.41. The Balaban J connectivity index is 1.67. The highest BCUT2D eigenvalue weighted by Gasteiger charge is 2.69. The van der Waals surface area contributed by atoms with E-state index in [0.29, 0.717) is 27.9 Å². The third-order valence-corrected chi connectivity index (χ3v) is 7.96. The fraction of sp³-hybridized carbons (Fsp3) is 0.200. The first-order valence-corrected chi connectivity index (χ1v) is 12.9. The maximum atomic E-state index is 16.1. The largest absolute Gasteiger partial charge is 0.487 e. The van der Waals surface area contributed by atoms with Crippen molar-refractivity contribution in [3.8, 4) is 16.9 Å². The van der Waals surface area contributed by atoms with E-state index in [1.807, 2.05) is 0 Å². The Morgan fingerprint density at radius 3 is 2.59 bits per heavy atom. The van der Waals surface area contributed by atoms with E-state index in [-0.39, 0.29) is 17.5 Å². The van der Waals surface area contributed by atoms with E-state index in [1.54, 1.807) is 31.5 Å². The van der Waals surface area contributed by atoms with Crippen molar-refractivity contribution >= 4 is 27.3 Å². The van der Waals surface area contributed by atoms with E-state index in [9.17, 15) is 12.8 Å². The van der Waals surface area contributed by atoms with Crippen molar-refractivity contribution in [2.45, 2.75) is 24.3 Å². The fourth-order valence-electron chi connectivity index (χ4n) is 4.70. The van der Waals surface area contributed by atoms with Crippen molar-refractivity contribution in [2.75, 3.05) is 7.11 Å². The molecule has 0 radical (unpaired) electrons. The number of halogens is 3. The molecule has 2 atom stereocenters. The molecule has 4 aromatic rings. The van der Waals surface area contributed by atoms with E-state index in [2.05, 4.69) is 25.2 Å². The number of aliphatic imine (C=N–C) groups is 1. The van der Waals surface area contributed by atoms with E-state index in [1.165, 1.54) is 24.4 Å². The van der Waals surface area contributed by atoms with Crippen molar-refractivity contribution in [3.63, 3.8) is 0 Å². The molecule has 1 aromatic carbocycles. The van der Waals surface area contributed by atoms with Crippen LogP contribution in [0.1, 0.15) is 16.8 Å². The number of ether oxygens (including phenoxy) is 2. The van der Waals surface area contributed by atoms with Crippen LogP contribution in [-0.4, -0.2) is 47.9 Å². The van der Waals surface area contributed by atoms with Gasteiger partial charge in [0.15, 0.2) is 17.3 Å². The number of dihydropyridines is 1. The van der Waals surface area contributed by atoms with Crippen LogP contribution in [0.5, 0.6) is 5.75 Å². The van der Waals surface area contributed by atoms with Crippen LogP contribution >= 0.6 is 0 Å². The molecule has 0 amide bonds. The molecule has 0 saturated carbocycles. The summed E-state index contributed by atoms with van der Waals surface area (Å²) in [5.74, 6) is -7.12. The molecule has 0 fully saturated rings. The summed E-state index contributed by atoms with van der Waals surface area (Å²) in [5.41, 5.74) is 1.76. The summed E-state index contributed by atoms with van der Waals surface area (Å²) < 4.78 is 79.2. The van der Waals surface area contributed by atoms with E-state index in [0.717, 1.165) is 13.2 Å². The minimum absolute atomic E-state index is 0.0354. The Hall–Kier alpha value is -4.14. The molecular formula is C25H21F3N6O4S. The molecule has 39 heavy (non-hydrogen) atoms.